The third kappa shape index (κ3) is 5.38. The molecule has 2 aromatic rings. The largest absolute Gasteiger partial charge is 0.405 e. The van der Waals surface area contributed by atoms with Gasteiger partial charge in [-0.2, -0.15) is 0 Å². The Bertz CT molecular complexity index is 443. The molecule has 0 amide bonds. The SMILES string of the molecule is C=Cc1ccccc1.NC=Cc1ccccc1. The number of hydrogen-bond acceptors (Lipinski definition) is 1. The van der Waals surface area contributed by atoms with Crippen molar-refractivity contribution in [3.05, 3.63) is 84.6 Å². The number of nitrogens with two attached hydrogens (primary N) is 1. The highest BCUT2D eigenvalue weighted by atomic mass is 14.5. The lowest BCUT2D eigenvalue weighted by molar-refractivity contribution is 1.60. The number of hydrogen-bond donors (Lipinski definition) is 1. The fraction of sp³-hybridized carbons (Fsp3) is 0. The molecule has 0 aliphatic heterocycles. The molecule has 0 radical (unpaired) electrons. The molecule has 0 aliphatic carbocycles. The summed E-state index contributed by atoms with van der Waals surface area (Å²) in [5.74, 6) is 0. The van der Waals surface area contributed by atoms with Crippen LogP contribution >= 0.6 is 0 Å². The zero-order valence-electron chi connectivity index (χ0n) is 9.79. The fourth-order valence-electron chi connectivity index (χ4n) is 1.26. The average molecular weight is 223 g/mol. The Labute approximate surface area is 103 Å². The topological polar surface area (TPSA) is 26.0 Å². The lowest BCUT2D eigenvalue weighted by atomic mass is 10.2. The lowest BCUT2D eigenvalue weighted by Crippen LogP contribution is -1.75. The van der Waals surface area contributed by atoms with Crippen molar-refractivity contribution in [2.45, 2.75) is 0 Å². The van der Waals surface area contributed by atoms with Gasteiger partial charge in [-0.3, -0.25) is 0 Å². The maximum atomic E-state index is 5.18. The maximum Gasteiger partial charge on any atom is -0.00564 e. The Hall–Kier alpha value is -2.28. The van der Waals surface area contributed by atoms with Crippen molar-refractivity contribution >= 4 is 12.2 Å². The van der Waals surface area contributed by atoms with Crippen LogP contribution in [0.4, 0.5) is 0 Å². The minimum absolute atomic E-state index is 1.14. The van der Waals surface area contributed by atoms with E-state index in [1.54, 1.807) is 0 Å². The molecule has 0 atom stereocenters. The Morgan fingerprint density at radius 3 is 1.59 bits per heavy atom. The van der Waals surface area contributed by atoms with E-state index in [4.69, 9.17) is 5.73 Å². The molecule has 2 N–H and O–H groups in total. The van der Waals surface area contributed by atoms with E-state index in [1.165, 1.54) is 11.8 Å². The summed E-state index contributed by atoms with van der Waals surface area (Å²) in [6, 6.07) is 20.0. The molecule has 1 heteroatoms. The highest BCUT2D eigenvalue weighted by Crippen LogP contribution is 1.98. The van der Waals surface area contributed by atoms with E-state index in [9.17, 15) is 0 Å². The standard InChI is InChI=1S/C8H9N.C8H8/c9-7-6-8-4-2-1-3-5-8;1-2-8-6-4-3-5-7-8/h1-7H,9H2;2-7H,1H2. The van der Waals surface area contributed by atoms with Crippen molar-refractivity contribution in [2.24, 2.45) is 5.73 Å². The number of rotatable bonds is 2. The normalized spacial score (nSPS) is 9.41. The first kappa shape index (κ1) is 12.8. The molecule has 86 valence electrons. The summed E-state index contributed by atoms with van der Waals surface area (Å²) in [6.07, 6.45) is 5.23. The summed E-state index contributed by atoms with van der Waals surface area (Å²) in [4.78, 5) is 0. The van der Waals surface area contributed by atoms with Gasteiger partial charge in [0.2, 0.25) is 0 Å². The van der Waals surface area contributed by atoms with E-state index in [-0.39, 0.29) is 0 Å². The van der Waals surface area contributed by atoms with Gasteiger partial charge in [-0.1, -0.05) is 73.3 Å². The summed E-state index contributed by atoms with van der Waals surface area (Å²) in [7, 11) is 0. The summed E-state index contributed by atoms with van der Waals surface area (Å²) in [5.41, 5.74) is 7.49. The predicted octanol–water partition coefficient (Wildman–Crippen LogP) is 3.95. The molecule has 0 saturated carbocycles. The zero-order chi connectivity index (χ0) is 12.3. The predicted molar refractivity (Wildman–Crippen MR) is 76.2 cm³/mol. The highest BCUT2D eigenvalue weighted by Gasteiger charge is 1.78. The van der Waals surface area contributed by atoms with E-state index in [1.807, 2.05) is 72.8 Å². The monoisotopic (exact) mass is 223 g/mol. The van der Waals surface area contributed by atoms with Gasteiger partial charge in [-0.25, -0.2) is 0 Å². The molecule has 17 heavy (non-hydrogen) atoms. The molecule has 0 fully saturated rings. The van der Waals surface area contributed by atoms with Gasteiger partial charge in [0.25, 0.3) is 0 Å². The quantitative estimate of drug-likeness (QED) is 0.819. The van der Waals surface area contributed by atoms with Crippen molar-refractivity contribution in [1.29, 1.82) is 0 Å². The Morgan fingerprint density at radius 1 is 0.765 bits per heavy atom. The van der Waals surface area contributed by atoms with Crippen LogP contribution < -0.4 is 5.73 Å². The first-order valence-corrected chi connectivity index (χ1v) is 5.47. The Kier molecular flexibility index (Phi) is 5.97. The van der Waals surface area contributed by atoms with E-state index < -0.39 is 0 Å². The van der Waals surface area contributed by atoms with E-state index in [0.29, 0.717) is 0 Å². The van der Waals surface area contributed by atoms with Gasteiger partial charge in [0, 0.05) is 0 Å². The first-order valence-electron chi connectivity index (χ1n) is 5.47. The molecule has 0 spiro atoms. The van der Waals surface area contributed by atoms with Crippen molar-refractivity contribution in [2.75, 3.05) is 0 Å². The summed E-state index contributed by atoms with van der Waals surface area (Å²) >= 11 is 0. The van der Waals surface area contributed by atoms with Gasteiger partial charge in [-0.05, 0) is 23.4 Å². The van der Waals surface area contributed by atoms with Crippen LogP contribution in [0.5, 0.6) is 0 Å². The average Bonchev–Trinajstić information content (AvgIpc) is 2.42. The Morgan fingerprint density at radius 2 is 1.24 bits per heavy atom. The maximum absolute atomic E-state index is 5.18. The molecule has 1 nitrogen and oxygen atoms in total. The van der Waals surface area contributed by atoms with Gasteiger partial charge in [-0.15, -0.1) is 0 Å². The summed E-state index contributed by atoms with van der Waals surface area (Å²) < 4.78 is 0. The van der Waals surface area contributed by atoms with Crippen LogP contribution in [0.25, 0.3) is 12.2 Å². The molecule has 2 rings (SSSR count). The molecule has 0 unspecified atom stereocenters. The van der Waals surface area contributed by atoms with Crippen LogP contribution in [0.15, 0.2) is 73.4 Å². The third-order valence-corrected chi connectivity index (χ3v) is 2.12. The van der Waals surface area contributed by atoms with Crippen molar-refractivity contribution in [3.8, 4) is 0 Å². The smallest absolute Gasteiger partial charge is 0.00564 e. The molecule has 0 saturated heterocycles. The van der Waals surface area contributed by atoms with Gasteiger partial charge in [0.05, 0.1) is 0 Å². The van der Waals surface area contributed by atoms with Crippen molar-refractivity contribution in [3.63, 3.8) is 0 Å². The molecular formula is C16H17N. The van der Waals surface area contributed by atoms with Crippen LogP contribution in [0, 0.1) is 0 Å². The van der Waals surface area contributed by atoms with Crippen LogP contribution in [0.3, 0.4) is 0 Å². The molecule has 0 bridgehead atoms. The summed E-state index contributed by atoms with van der Waals surface area (Å²) in [6.45, 7) is 3.63. The van der Waals surface area contributed by atoms with Gasteiger partial charge < -0.3 is 5.73 Å². The van der Waals surface area contributed by atoms with E-state index in [0.717, 1.165) is 5.56 Å². The second-order valence-corrected chi connectivity index (χ2v) is 3.38. The molecule has 2 aromatic carbocycles. The van der Waals surface area contributed by atoms with Crippen LogP contribution in [0.2, 0.25) is 0 Å². The van der Waals surface area contributed by atoms with E-state index in [2.05, 4.69) is 6.58 Å². The minimum Gasteiger partial charge on any atom is -0.405 e. The van der Waals surface area contributed by atoms with Crippen molar-refractivity contribution < 1.29 is 0 Å². The van der Waals surface area contributed by atoms with Gasteiger partial charge >= 0.3 is 0 Å². The van der Waals surface area contributed by atoms with Crippen LogP contribution in [-0.2, 0) is 0 Å². The van der Waals surface area contributed by atoms with E-state index >= 15 is 0 Å². The van der Waals surface area contributed by atoms with Crippen molar-refractivity contribution in [1.82, 2.24) is 0 Å². The number of benzene rings is 2. The third-order valence-electron chi connectivity index (χ3n) is 2.12. The lowest BCUT2D eigenvalue weighted by Gasteiger charge is -1.86. The second-order valence-electron chi connectivity index (χ2n) is 3.38. The van der Waals surface area contributed by atoms with Gasteiger partial charge in [0.15, 0.2) is 0 Å². The highest BCUT2D eigenvalue weighted by molar-refractivity contribution is 5.47. The zero-order valence-corrected chi connectivity index (χ0v) is 9.79. The molecule has 0 heterocycles. The second kappa shape index (κ2) is 7.94. The fourth-order valence-corrected chi connectivity index (χ4v) is 1.26. The summed E-state index contributed by atoms with van der Waals surface area (Å²) in [5, 5.41) is 0. The van der Waals surface area contributed by atoms with Gasteiger partial charge in [0.1, 0.15) is 0 Å². The molecule has 0 aromatic heterocycles. The molecule has 0 aliphatic rings. The van der Waals surface area contributed by atoms with Crippen LogP contribution in [0.1, 0.15) is 11.1 Å². The first-order chi connectivity index (χ1) is 8.36. The molecular weight excluding hydrogens is 206 g/mol. The minimum atomic E-state index is 1.14. The Balaban J connectivity index is 0.000000171. The van der Waals surface area contributed by atoms with Crippen LogP contribution in [-0.4, -0.2) is 0 Å².